The monoisotopic (exact) mass is 762 g/mol. The van der Waals surface area contributed by atoms with Crippen molar-refractivity contribution in [2.75, 3.05) is 13.4 Å². The number of sulfone groups is 1. The van der Waals surface area contributed by atoms with Crippen molar-refractivity contribution in [3.05, 3.63) is 125 Å². The maximum absolute atomic E-state index is 14.9. The third-order valence-corrected chi connectivity index (χ3v) is 10.9. The Hall–Kier alpha value is -3.91. The zero-order valence-corrected chi connectivity index (χ0v) is 28.6. The summed E-state index contributed by atoms with van der Waals surface area (Å²) in [5.41, 5.74) is -6.88. The van der Waals surface area contributed by atoms with Crippen molar-refractivity contribution in [3.63, 3.8) is 0 Å². The summed E-state index contributed by atoms with van der Waals surface area (Å²) in [6.45, 7) is 0. The first kappa shape index (κ1) is 38.9. The van der Waals surface area contributed by atoms with Crippen LogP contribution in [0.5, 0.6) is 11.5 Å². The SMILES string of the molecule is COc1ccc(C(=O)C(Cc2ccc(OP(=O)(O)C(F)F)cc2)(Cc2ccc(C(F)(F)P(=O)(O)O)cc2)c2ccc(S(C)(=O)=O)cc2)cc1F. The highest BCUT2D eigenvalue weighted by atomic mass is 32.2. The minimum atomic E-state index is -5.92. The molecule has 0 radical (unpaired) electrons. The topological polar surface area (TPSA) is 164 Å². The molecule has 18 heteroatoms. The van der Waals surface area contributed by atoms with E-state index >= 15 is 0 Å². The summed E-state index contributed by atoms with van der Waals surface area (Å²) >= 11 is 0. The van der Waals surface area contributed by atoms with Crippen molar-refractivity contribution >= 4 is 30.8 Å². The first-order chi connectivity index (χ1) is 23.1. The summed E-state index contributed by atoms with van der Waals surface area (Å²) < 4.78 is 127. The number of Topliss-reactive ketones (excluding diaryl/α,β-unsaturated/α-hetero) is 1. The summed E-state index contributed by atoms with van der Waals surface area (Å²) in [4.78, 5) is 42.3. The van der Waals surface area contributed by atoms with E-state index in [2.05, 4.69) is 4.52 Å². The van der Waals surface area contributed by atoms with Crippen LogP contribution in [0.4, 0.5) is 22.0 Å². The minimum Gasteiger partial charge on any atom is -0.494 e. The van der Waals surface area contributed by atoms with Gasteiger partial charge in [0.05, 0.1) is 17.4 Å². The van der Waals surface area contributed by atoms with Crippen LogP contribution in [0, 0.1) is 5.82 Å². The Labute approximate surface area is 283 Å². The molecule has 268 valence electrons. The van der Waals surface area contributed by atoms with Gasteiger partial charge in [-0.1, -0.05) is 48.5 Å². The van der Waals surface area contributed by atoms with Crippen LogP contribution in [0.1, 0.15) is 32.6 Å². The van der Waals surface area contributed by atoms with E-state index in [4.69, 9.17) is 4.74 Å². The Kier molecular flexibility index (Phi) is 11.2. The highest BCUT2D eigenvalue weighted by molar-refractivity contribution is 7.90. The van der Waals surface area contributed by atoms with Gasteiger partial charge in [0, 0.05) is 17.4 Å². The van der Waals surface area contributed by atoms with Gasteiger partial charge in [0.15, 0.2) is 27.2 Å². The van der Waals surface area contributed by atoms with Gasteiger partial charge in [-0.25, -0.2) is 17.4 Å². The van der Waals surface area contributed by atoms with Crippen molar-refractivity contribution in [1.29, 1.82) is 0 Å². The van der Waals surface area contributed by atoms with Gasteiger partial charge in [-0.3, -0.25) is 9.36 Å². The van der Waals surface area contributed by atoms with Crippen molar-refractivity contribution in [1.82, 2.24) is 0 Å². The van der Waals surface area contributed by atoms with E-state index in [1.165, 1.54) is 55.6 Å². The third kappa shape index (κ3) is 8.34. The summed E-state index contributed by atoms with van der Waals surface area (Å²) in [6.07, 6.45) is -3.36. The summed E-state index contributed by atoms with van der Waals surface area (Å²) in [5.74, 6) is -2.24. The van der Waals surface area contributed by atoms with Gasteiger partial charge in [0.2, 0.25) is 0 Å². The van der Waals surface area contributed by atoms with E-state index in [9.17, 15) is 59.0 Å². The highest BCUT2D eigenvalue weighted by Crippen LogP contribution is 2.59. The van der Waals surface area contributed by atoms with E-state index in [-0.39, 0.29) is 40.2 Å². The molecule has 0 aliphatic heterocycles. The first-order valence-corrected chi connectivity index (χ1v) is 19.4. The van der Waals surface area contributed by atoms with E-state index in [0.29, 0.717) is 5.56 Å². The number of methoxy groups -OCH3 is 1. The van der Waals surface area contributed by atoms with Gasteiger partial charge in [-0.2, -0.15) is 17.6 Å². The van der Waals surface area contributed by atoms with Gasteiger partial charge in [-0.15, -0.1) is 0 Å². The second kappa shape index (κ2) is 14.4. The van der Waals surface area contributed by atoms with E-state index < -0.39 is 65.2 Å². The zero-order valence-electron chi connectivity index (χ0n) is 26.0. The fourth-order valence-corrected chi connectivity index (χ4v) is 6.83. The summed E-state index contributed by atoms with van der Waals surface area (Å²) in [6, 6.07) is 17.1. The lowest BCUT2D eigenvalue weighted by molar-refractivity contribution is 0.0564. The highest BCUT2D eigenvalue weighted by Gasteiger charge is 2.50. The number of hydrogen-bond donors (Lipinski definition) is 3. The van der Waals surface area contributed by atoms with Crippen LogP contribution in [-0.4, -0.2) is 48.4 Å². The first-order valence-electron chi connectivity index (χ1n) is 14.2. The molecule has 4 aromatic rings. The Morgan fingerprint density at radius 3 is 1.76 bits per heavy atom. The molecule has 10 nitrogen and oxygen atoms in total. The van der Waals surface area contributed by atoms with E-state index in [1.54, 1.807) is 0 Å². The standard InChI is InChI=1S/C32H29F5O10P2S/c1-46-28-16-7-22(17-27(28)33)29(38)31(23-10-14-26(15-11-23)50(2,44)45,18-20-3-8-24(9-4-20)32(36,37)49(41,42)43)19-21-5-12-25(13-6-21)47-48(39,40)30(34)35/h3-17,30H,18-19H2,1-2H3,(H,39,40)(H2,41,42,43). The smallest absolute Gasteiger partial charge is 0.442 e. The molecule has 2 unspecified atom stereocenters. The zero-order chi connectivity index (χ0) is 37.3. The van der Waals surface area contributed by atoms with Crippen molar-refractivity contribution < 1.29 is 68.2 Å². The molecular formula is C32H29F5O10P2S. The quantitative estimate of drug-likeness (QED) is 0.0703. The molecule has 50 heavy (non-hydrogen) atoms. The Balaban J connectivity index is 1.93. The lowest BCUT2D eigenvalue weighted by atomic mass is 9.67. The molecular weight excluding hydrogens is 733 g/mol. The number of alkyl halides is 4. The van der Waals surface area contributed by atoms with Crippen molar-refractivity contribution in [3.8, 4) is 11.5 Å². The molecule has 0 aliphatic carbocycles. The molecule has 3 N–H and O–H groups in total. The summed E-state index contributed by atoms with van der Waals surface area (Å²) in [5, 5.41) is 0. The van der Waals surface area contributed by atoms with E-state index in [0.717, 1.165) is 48.7 Å². The third-order valence-electron chi connectivity index (χ3n) is 7.77. The number of carbonyl (C=O) groups is 1. The van der Waals surface area contributed by atoms with Crippen LogP contribution in [0.2, 0.25) is 0 Å². The maximum Gasteiger partial charge on any atom is 0.442 e. The van der Waals surface area contributed by atoms with Crippen LogP contribution in [0.25, 0.3) is 0 Å². The predicted molar refractivity (Wildman–Crippen MR) is 171 cm³/mol. The van der Waals surface area contributed by atoms with Crippen LogP contribution in [-0.2, 0) is 42.9 Å². The molecule has 0 amide bonds. The van der Waals surface area contributed by atoms with Gasteiger partial charge in [0.1, 0.15) is 5.75 Å². The minimum absolute atomic E-state index is 0.115. The normalized spacial score (nSPS) is 14.9. The van der Waals surface area contributed by atoms with Crippen LogP contribution in [0.3, 0.4) is 0 Å². The molecule has 0 aliphatic rings. The average molecular weight is 763 g/mol. The fraction of sp³-hybridized carbons (Fsp3) is 0.219. The van der Waals surface area contributed by atoms with Crippen LogP contribution in [0.15, 0.2) is 95.9 Å². The van der Waals surface area contributed by atoms with Crippen LogP contribution >= 0.6 is 15.2 Å². The molecule has 4 aromatic carbocycles. The van der Waals surface area contributed by atoms with Gasteiger partial charge < -0.3 is 23.9 Å². The Morgan fingerprint density at radius 2 is 1.32 bits per heavy atom. The van der Waals surface area contributed by atoms with E-state index in [1.807, 2.05) is 0 Å². The van der Waals surface area contributed by atoms with Gasteiger partial charge >= 0.3 is 27.0 Å². The number of hydrogen-bond acceptors (Lipinski definition) is 7. The number of halogens is 5. The number of ether oxygens (including phenoxy) is 1. The molecule has 0 aromatic heterocycles. The fourth-order valence-electron chi connectivity index (χ4n) is 5.21. The van der Waals surface area contributed by atoms with Crippen molar-refractivity contribution in [2.45, 2.75) is 35.0 Å². The van der Waals surface area contributed by atoms with Gasteiger partial charge in [0.25, 0.3) is 0 Å². The number of rotatable bonds is 14. The molecule has 0 heterocycles. The number of ketones is 1. The second-order valence-corrected chi connectivity index (χ2v) is 16.6. The van der Waals surface area contributed by atoms with Gasteiger partial charge in [-0.05, 0) is 72.0 Å². The molecule has 0 bridgehead atoms. The molecule has 0 spiro atoms. The molecule has 0 saturated heterocycles. The Morgan fingerprint density at radius 1 is 0.820 bits per heavy atom. The molecule has 0 fully saturated rings. The number of carbonyl (C=O) groups excluding carboxylic acids is 1. The molecule has 2 atom stereocenters. The molecule has 0 saturated carbocycles. The average Bonchev–Trinajstić information content (AvgIpc) is 3.04. The van der Waals surface area contributed by atoms with Crippen molar-refractivity contribution in [2.24, 2.45) is 0 Å². The summed E-state index contributed by atoms with van der Waals surface area (Å²) in [7, 11) is -13.8. The van der Waals surface area contributed by atoms with Crippen LogP contribution < -0.4 is 9.26 Å². The predicted octanol–water partition coefficient (Wildman–Crippen LogP) is 6.86. The molecule has 4 rings (SSSR count). The Bertz CT molecular complexity index is 2070. The number of benzene rings is 4. The second-order valence-electron chi connectivity index (χ2n) is 11.3. The lowest BCUT2D eigenvalue weighted by Gasteiger charge is -2.34. The maximum atomic E-state index is 14.9. The lowest BCUT2D eigenvalue weighted by Crippen LogP contribution is -2.41. The largest absolute Gasteiger partial charge is 0.494 e.